The molecule has 0 unspecified atom stereocenters. The van der Waals surface area contributed by atoms with Crippen LogP contribution in [0.1, 0.15) is 27.5 Å². The molecular weight excluding hydrogens is 404 g/mol. The van der Waals surface area contributed by atoms with Gasteiger partial charge in [-0.05, 0) is 29.8 Å². The van der Waals surface area contributed by atoms with E-state index in [9.17, 15) is 4.79 Å². The van der Waals surface area contributed by atoms with E-state index in [1.165, 1.54) is 5.56 Å². The summed E-state index contributed by atoms with van der Waals surface area (Å²) in [5.41, 5.74) is 2.66. The molecule has 0 spiro atoms. The van der Waals surface area contributed by atoms with Crippen LogP contribution in [0.5, 0.6) is 11.5 Å². The number of piperazine rings is 1. The SMILES string of the molecule is COc1ccc(CNC(=O)c2ccc(N3CCN[C@H](c4ccccc4)C3)nc2)c(OC)c1. The summed E-state index contributed by atoms with van der Waals surface area (Å²) in [4.78, 5) is 19.4. The highest BCUT2D eigenvalue weighted by molar-refractivity contribution is 5.94. The van der Waals surface area contributed by atoms with Gasteiger partial charge in [-0.3, -0.25) is 4.79 Å². The molecule has 1 saturated heterocycles. The molecule has 1 aromatic heterocycles. The lowest BCUT2D eigenvalue weighted by Crippen LogP contribution is -2.46. The summed E-state index contributed by atoms with van der Waals surface area (Å²) in [6, 6.07) is 19.9. The molecule has 2 heterocycles. The number of anilines is 1. The molecule has 0 bridgehead atoms. The first kappa shape index (κ1) is 21.6. The van der Waals surface area contributed by atoms with Gasteiger partial charge in [0.05, 0.1) is 19.8 Å². The number of rotatable bonds is 7. The third-order valence-electron chi connectivity index (χ3n) is 5.65. The molecule has 7 nitrogen and oxygen atoms in total. The smallest absolute Gasteiger partial charge is 0.253 e. The minimum absolute atomic E-state index is 0.176. The molecule has 32 heavy (non-hydrogen) atoms. The lowest BCUT2D eigenvalue weighted by molar-refractivity contribution is 0.0950. The number of hydrogen-bond donors (Lipinski definition) is 2. The number of benzene rings is 2. The van der Waals surface area contributed by atoms with E-state index in [-0.39, 0.29) is 11.9 Å². The molecule has 0 saturated carbocycles. The Morgan fingerprint density at radius 3 is 2.69 bits per heavy atom. The van der Waals surface area contributed by atoms with Crippen LogP contribution in [0.2, 0.25) is 0 Å². The molecule has 0 aliphatic carbocycles. The Bertz CT molecular complexity index is 1040. The zero-order chi connectivity index (χ0) is 22.3. The maximum atomic E-state index is 12.6. The Balaban J connectivity index is 1.37. The van der Waals surface area contributed by atoms with E-state index in [4.69, 9.17) is 9.47 Å². The normalized spacial score (nSPS) is 15.8. The number of amides is 1. The van der Waals surface area contributed by atoms with Gasteiger partial charge in [0.15, 0.2) is 0 Å². The fraction of sp³-hybridized carbons (Fsp3) is 0.280. The van der Waals surface area contributed by atoms with Gasteiger partial charge in [0.1, 0.15) is 17.3 Å². The van der Waals surface area contributed by atoms with E-state index < -0.39 is 0 Å². The Morgan fingerprint density at radius 2 is 1.97 bits per heavy atom. The van der Waals surface area contributed by atoms with Gasteiger partial charge in [0.25, 0.3) is 5.91 Å². The van der Waals surface area contributed by atoms with Gasteiger partial charge >= 0.3 is 0 Å². The number of carbonyl (C=O) groups is 1. The van der Waals surface area contributed by atoms with Gasteiger partial charge in [-0.25, -0.2) is 4.98 Å². The number of hydrogen-bond acceptors (Lipinski definition) is 6. The summed E-state index contributed by atoms with van der Waals surface area (Å²) in [6.07, 6.45) is 1.63. The summed E-state index contributed by atoms with van der Waals surface area (Å²) >= 11 is 0. The molecule has 166 valence electrons. The highest BCUT2D eigenvalue weighted by Gasteiger charge is 2.21. The van der Waals surface area contributed by atoms with Crippen molar-refractivity contribution in [3.05, 3.63) is 83.6 Å². The number of carbonyl (C=O) groups excluding carboxylic acids is 1. The molecule has 4 rings (SSSR count). The van der Waals surface area contributed by atoms with Crippen molar-refractivity contribution in [2.75, 3.05) is 38.8 Å². The average molecular weight is 433 g/mol. The second-order valence-electron chi connectivity index (χ2n) is 7.63. The zero-order valence-corrected chi connectivity index (χ0v) is 18.4. The Kier molecular flexibility index (Phi) is 6.87. The van der Waals surface area contributed by atoms with Crippen LogP contribution in [0.25, 0.3) is 0 Å². The van der Waals surface area contributed by atoms with Crippen LogP contribution in [-0.4, -0.2) is 44.7 Å². The van der Waals surface area contributed by atoms with Crippen molar-refractivity contribution in [2.45, 2.75) is 12.6 Å². The van der Waals surface area contributed by atoms with Crippen molar-refractivity contribution in [2.24, 2.45) is 0 Å². The van der Waals surface area contributed by atoms with Crippen molar-refractivity contribution in [1.82, 2.24) is 15.6 Å². The predicted octanol–water partition coefficient (Wildman–Crippen LogP) is 3.18. The van der Waals surface area contributed by atoms with Gasteiger partial charge in [-0.1, -0.05) is 30.3 Å². The fourth-order valence-corrected chi connectivity index (χ4v) is 3.85. The van der Waals surface area contributed by atoms with E-state index in [2.05, 4.69) is 44.8 Å². The zero-order valence-electron chi connectivity index (χ0n) is 18.4. The van der Waals surface area contributed by atoms with Crippen LogP contribution in [0.15, 0.2) is 66.9 Å². The van der Waals surface area contributed by atoms with Gasteiger partial charge in [-0.15, -0.1) is 0 Å². The van der Waals surface area contributed by atoms with Gasteiger partial charge in [0, 0.05) is 50.0 Å². The molecule has 2 N–H and O–H groups in total. The highest BCUT2D eigenvalue weighted by Crippen LogP contribution is 2.25. The van der Waals surface area contributed by atoms with Crippen molar-refractivity contribution in [1.29, 1.82) is 0 Å². The third-order valence-corrected chi connectivity index (χ3v) is 5.65. The Labute approximate surface area is 188 Å². The molecule has 1 amide bonds. The number of ether oxygens (including phenoxy) is 2. The maximum Gasteiger partial charge on any atom is 0.253 e. The molecule has 1 aliphatic heterocycles. The molecule has 1 atom stereocenters. The number of pyridine rings is 1. The Hall–Kier alpha value is -3.58. The van der Waals surface area contributed by atoms with Gasteiger partial charge < -0.3 is 25.0 Å². The summed E-state index contributed by atoms with van der Waals surface area (Å²) in [5, 5.41) is 6.49. The minimum atomic E-state index is -0.176. The van der Waals surface area contributed by atoms with E-state index in [1.54, 1.807) is 26.5 Å². The average Bonchev–Trinajstić information content (AvgIpc) is 2.87. The summed E-state index contributed by atoms with van der Waals surface area (Å²) in [5.74, 6) is 2.08. The van der Waals surface area contributed by atoms with E-state index in [0.29, 0.717) is 23.6 Å². The molecule has 3 aromatic rings. The van der Waals surface area contributed by atoms with Crippen LogP contribution in [0, 0.1) is 0 Å². The second kappa shape index (κ2) is 10.2. The molecule has 7 heteroatoms. The molecule has 1 fully saturated rings. The van der Waals surface area contributed by atoms with E-state index >= 15 is 0 Å². The van der Waals surface area contributed by atoms with E-state index in [1.807, 2.05) is 30.3 Å². The summed E-state index contributed by atoms with van der Waals surface area (Å²) in [6.45, 7) is 2.94. The fourth-order valence-electron chi connectivity index (χ4n) is 3.85. The largest absolute Gasteiger partial charge is 0.497 e. The standard InChI is InChI=1S/C25H28N4O3/c1-31-21-10-8-19(23(14-21)32-2)15-28-25(30)20-9-11-24(27-16-20)29-13-12-26-22(17-29)18-6-4-3-5-7-18/h3-11,14,16,22,26H,12-13,15,17H2,1-2H3,(H,28,30)/t22-/m0/s1. The molecule has 2 aromatic carbocycles. The lowest BCUT2D eigenvalue weighted by Gasteiger charge is -2.34. The van der Waals surface area contributed by atoms with Crippen LogP contribution < -0.4 is 25.0 Å². The first-order valence-electron chi connectivity index (χ1n) is 10.7. The van der Waals surface area contributed by atoms with Crippen LogP contribution in [0.4, 0.5) is 5.82 Å². The van der Waals surface area contributed by atoms with Crippen LogP contribution in [-0.2, 0) is 6.54 Å². The highest BCUT2D eigenvalue weighted by atomic mass is 16.5. The quantitative estimate of drug-likeness (QED) is 0.597. The van der Waals surface area contributed by atoms with E-state index in [0.717, 1.165) is 31.0 Å². The molecular formula is C25H28N4O3. The first-order chi connectivity index (χ1) is 15.7. The van der Waals surface area contributed by atoms with Crippen LogP contribution in [0.3, 0.4) is 0 Å². The number of aromatic nitrogens is 1. The lowest BCUT2D eigenvalue weighted by atomic mass is 10.0. The third kappa shape index (κ3) is 5.00. The predicted molar refractivity (Wildman–Crippen MR) is 124 cm³/mol. The van der Waals surface area contributed by atoms with Crippen LogP contribution >= 0.6 is 0 Å². The van der Waals surface area contributed by atoms with Gasteiger partial charge in [-0.2, -0.15) is 0 Å². The Morgan fingerprint density at radius 1 is 1.12 bits per heavy atom. The minimum Gasteiger partial charge on any atom is -0.497 e. The van der Waals surface area contributed by atoms with Crippen molar-refractivity contribution < 1.29 is 14.3 Å². The summed E-state index contributed by atoms with van der Waals surface area (Å²) in [7, 11) is 3.20. The van der Waals surface area contributed by atoms with Crippen molar-refractivity contribution >= 4 is 11.7 Å². The topological polar surface area (TPSA) is 75.7 Å². The van der Waals surface area contributed by atoms with Crippen molar-refractivity contribution in [3.8, 4) is 11.5 Å². The monoisotopic (exact) mass is 432 g/mol. The second-order valence-corrected chi connectivity index (χ2v) is 7.63. The first-order valence-corrected chi connectivity index (χ1v) is 10.7. The molecule has 0 radical (unpaired) electrons. The van der Waals surface area contributed by atoms with Gasteiger partial charge in [0.2, 0.25) is 0 Å². The van der Waals surface area contributed by atoms with Crippen molar-refractivity contribution in [3.63, 3.8) is 0 Å². The molecule has 1 aliphatic rings. The number of nitrogens with zero attached hydrogens (tertiary/aromatic N) is 2. The number of methoxy groups -OCH3 is 2. The number of nitrogens with one attached hydrogen (secondary N) is 2. The maximum absolute atomic E-state index is 12.6. The summed E-state index contributed by atoms with van der Waals surface area (Å²) < 4.78 is 10.6.